The van der Waals surface area contributed by atoms with Gasteiger partial charge in [0.2, 0.25) is 0 Å². The average Bonchev–Trinajstić information content (AvgIpc) is 2.30. The van der Waals surface area contributed by atoms with E-state index in [-0.39, 0.29) is 0 Å². The number of esters is 1. The predicted molar refractivity (Wildman–Crippen MR) is 65.1 cm³/mol. The number of ether oxygens (including phenoxy) is 1. The van der Waals surface area contributed by atoms with Crippen molar-refractivity contribution in [3.8, 4) is 0 Å². The lowest BCUT2D eigenvalue weighted by Crippen LogP contribution is -2.41. The fourth-order valence-electron chi connectivity index (χ4n) is 1.13. The number of anilines is 1. The van der Waals surface area contributed by atoms with Crippen LogP contribution in [0.15, 0.2) is 24.3 Å². The van der Waals surface area contributed by atoms with E-state index in [0.717, 1.165) is 0 Å². The summed E-state index contributed by atoms with van der Waals surface area (Å²) in [5, 5.41) is 5.58. The molecule has 6 heteroatoms. The van der Waals surface area contributed by atoms with Crippen molar-refractivity contribution in [2.45, 2.75) is 13.0 Å². The van der Waals surface area contributed by atoms with Crippen LogP contribution in [0.4, 0.5) is 10.5 Å². The first-order valence-electron chi connectivity index (χ1n) is 4.94. The van der Waals surface area contributed by atoms with Gasteiger partial charge >= 0.3 is 12.0 Å². The molecule has 1 atom stereocenters. The highest BCUT2D eigenvalue weighted by Gasteiger charge is 2.15. The van der Waals surface area contributed by atoms with Gasteiger partial charge < -0.3 is 15.4 Å². The topological polar surface area (TPSA) is 67.4 Å². The number of benzene rings is 1. The van der Waals surface area contributed by atoms with E-state index in [1.54, 1.807) is 24.3 Å². The first-order chi connectivity index (χ1) is 8.02. The van der Waals surface area contributed by atoms with Gasteiger partial charge in [-0.3, -0.25) is 0 Å². The van der Waals surface area contributed by atoms with Gasteiger partial charge in [-0.1, -0.05) is 11.6 Å². The van der Waals surface area contributed by atoms with E-state index >= 15 is 0 Å². The van der Waals surface area contributed by atoms with E-state index in [2.05, 4.69) is 15.4 Å². The predicted octanol–water partition coefficient (Wildman–Crippen LogP) is 2.02. The normalized spacial score (nSPS) is 11.5. The van der Waals surface area contributed by atoms with Gasteiger partial charge in [-0.25, -0.2) is 9.59 Å². The van der Waals surface area contributed by atoms with Crippen LogP contribution in [0.1, 0.15) is 6.92 Å². The Labute approximate surface area is 104 Å². The van der Waals surface area contributed by atoms with Gasteiger partial charge in [-0.15, -0.1) is 0 Å². The lowest BCUT2D eigenvalue weighted by atomic mass is 10.3. The Morgan fingerprint density at radius 3 is 2.41 bits per heavy atom. The Hall–Kier alpha value is -1.75. The Morgan fingerprint density at radius 1 is 1.29 bits per heavy atom. The van der Waals surface area contributed by atoms with Crippen molar-refractivity contribution in [2.24, 2.45) is 0 Å². The Morgan fingerprint density at radius 2 is 1.88 bits per heavy atom. The van der Waals surface area contributed by atoms with Gasteiger partial charge in [-0.2, -0.15) is 0 Å². The molecule has 0 aliphatic heterocycles. The summed E-state index contributed by atoms with van der Waals surface area (Å²) in [4.78, 5) is 22.5. The highest BCUT2D eigenvalue weighted by molar-refractivity contribution is 6.30. The number of nitrogens with one attached hydrogen (secondary N) is 2. The Balaban J connectivity index is 2.50. The van der Waals surface area contributed by atoms with Crippen molar-refractivity contribution in [1.82, 2.24) is 5.32 Å². The molecular weight excluding hydrogens is 244 g/mol. The number of hydrogen-bond acceptors (Lipinski definition) is 3. The molecule has 0 saturated carbocycles. The van der Waals surface area contributed by atoms with Crippen LogP contribution in [0.25, 0.3) is 0 Å². The van der Waals surface area contributed by atoms with E-state index in [9.17, 15) is 9.59 Å². The molecule has 1 rings (SSSR count). The van der Waals surface area contributed by atoms with Crippen LogP contribution in [-0.4, -0.2) is 25.2 Å². The van der Waals surface area contributed by atoms with Crippen LogP contribution in [0, 0.1) is 0 Å². The van der Waals surface area contributed by atoms with E-state index in [0.29, 0.717) is 10.7 Å². The molecule has 0 saturated heterocycles. The maximum Gasteiger partial charge on any atom is 0.328 e. The third kappa shape index (κ3) is 4.32. The maximum atomic E-state index is 11.5. The second-order valence-corrected chi connectivity index (χ2v) is 3.79. The third-order valence-corrected chi connectivity index (χ3v) is 2.26. The molecule has 5 nitrogen and oxygen atoms in total. The molecule has 0 aromatic heterocycles. The standard InChI is InChI=1S/C11H13ClN2O3/c1-7(10(15)17-2)13-11(16)14-9-5-3-8(12)4-6-9/h3-7H,1-2H3,(H2,13,14,16)/t7-/m0/s1. The van der Waals surface area contributed by atoms with Crippen molar-refractivity contribution in [3.05, 3.63) is 29.3 Å². The van der Waals surface area contributed by atoms with Crippen molar-refractivity contribution < 1.29 is 14.3 Å². The summed E-state index contributed by atoms with van der Waals surface area (Å²) in [6.07, 6.45) is 0. The maximum absolute atomic E-state index is 11.5. The minimum Gasteiger partial charge on any atom is -0.467 e. The molecule has 1 aromatic carbocycles. The van der Waals surface area contributed by atoms with Crippen LogP contribution in [-0.2, 0) is 9.53 Å². The molecular formula is C11H13ClN2O3. The molecule has 17 heavy (non-hydrogen) atoms. The highest BCUT2D eigenvalue weighted by Crippen LogP contribution is 2.13. The minimum atomic E-state index is -0.702. The molecule has 0 radical (unpaired) electrons. The van der Waals surface area contributed by atoms with Gasteiger partial charge in [0.25, 0.3) is 0 Å². The van der Waals surface area contributed by atoms with Crippen LogP contribution in [0.3, 0.4) is 0 Å². The summed E-state index contributed by atoms with van der Waals surface area (Å²) in [5.74, 6) is -0.503. The smallest absolute Gasteiger partial charge is 0.328 e. The molecule has 0 aliphatic rings. The van der Waals surface area contributed by atoms with Crippen LogP contribution < -0.4 is 10.6 Å². The van der Waals surface area contributed by atoms with Crippen LogP contribution in [0.5, 0.6) is 0 Å². The van der Waals surface area contributed by atoms with E-state index in [1.807, 2.05) is 0 Å². The van der Waals surface area contributed by atoms with Gasteiger partial charge in [0.05, 0.1) is 7.11 Å². The number of urea groups is 1. The molecule has 2 N–H and O–H groups in total. The molecule has 0 fully saturated rings. The van der Waals surface area contributed by atoms with Crippen LogP contribution >= 0.6 is 11.6 Å². The molecule has 0 heterocycles. The summed E-state index contributed by atoms with van der Waals surface area (Å²) in [6, 6.07) is 5.44. The number of carbonyl (C=O) groups excluding carboxylic acids is 2. The van der Waals surface area contributed by atoms with Gasteiger partial charge in [0.1, 0.15) is 6.04 Å². The SMILES string of the molecule is COC(=O)[C@H](C)NC(=O)Nc1ccc(Cl)cc1. The fraction of sp³-hybridized carbons (Fsp3) is 0.273. The number of methoxy groups -OCH3 is 1. The lowest BCUT2D eigenvalue weighted by Gasteiger charge is -2.12. The number of amides is 2. The van der Waals surface area contributed by atoms with Gasteiger partial charge in [0, 0.05) is 10.7 Å². The van der Waals surface area contributed by atoms with Gasteiger partial charge in [-0.05, 0) is 31.2 Å². The summed E-state index contributed by atoms with van der Waals surface area (Å²) in [6.45, 7) is 1.53. The zero-order valence-corrected chi connectivity index (χ0v) is 10.2. The summed E-state index contributed by atoms with van der Waals surface area (Å²) < 4.78 is 4.48. The van der Waals surface area contributed by atoms with E-state index in [1.165, 1.54) is 14.0 Å². The molecule has 0 bridgehead atoms. The molecule has 0 spiro atoms. The molecule has 0 aliphatic carbocycles. The minimum absolute atomic E-state index is 0.481. The van der Waals surface area contributed by atoms with Crippen molar-refractivity contribution in [3.63, 3.8) is 0 Å². The third-order valence-electron chi connectivity index (χ3n) is 2.00. The van der Waals surface area contributed by atoms with E-state index < -0.39 is 18.0 Å². The first-order valence-corrected chi connectivity index (χ1v) is 5.31. The zero-order chi connectivity index (χ0) is 12.8. The quantitative estimate of drug-likeness (QED) is 0.813. The number of halogens is 1. The number of rotatable bonds is 3. The molecule has 92 valence electrons. The Bertz CT molecular complexity index is 406. The second kappa shape index (κ2) is 6.10. The number of carbonyl (C=O) groups is 2. The Kier molecular flexibility index (Phi) is 4.78. The van der Waals surface area contributed by atoms with Crippen molar-refractivity contribution >= 4 is 29.3 Å². The van der Waals surface area contributed by atoms with Crippen molar-refractivity contribution in [2.75, 3.05) is 12.4 Å². The van der Waals surface area contributed by atoms with Crippen LogP contribution in [0.2, 0.25) is 5.02 Å². The van der Waals surface area contributed by atoms with E-state index in [4.69, 9.17) is 11.6 Å². The highest BCUT2D eigenvalue weighted by atomic mass is 35.5. The largest absolute Gasteiger partial charge is 0.467 e. The van der Waals surface area contributed by atoms with Gasteiger partial charge in [0.15, 0.2) is 0 Å². The summed E-state index contributed by atoms with van der Waals surface area (Å²) in [5.41, 5.74) is 0.587. The molecule has 2 amide bonds. The molecule has 0 unspecified atom stereocenters. The lowest BCUT2D eigenvalue weighted by molar-refractivity contribution is -0.142. The average molecular weight is 257 g/mol. The fourth-order valence-corrected chi connectivity index (χ4v) is 1.26. The van der Waals surface area contributed by atoms with Crippen molar-refractivity contribution in [1.29, 1.82) is 0 Å². The molecule has 1 aromatic rings. The summed E-state index contributed by atoms with van der Waals surface area (Å²) >= 11 is 5.70. The second-order valence-electron chi connectivity index (χ2n) is 3.35. The summed E-state index contributed by atoms with van der Waals surface area (Å²) in [7, 11) is 1.26. The monoisotopic (exact) mass is 256 g/mol. The number of hydrogen-bond donors (Lipinski definition) is 2. The first kappa shape index (κ1) is 13.3. The zero-order valence-electron chi connectivity index (χ0n) is 9.49.